The maximum atomic E-state index is 13.8. The minimum atomic E-state index is -1.03. The van der Waals surface area contributed by atoms with Crippen LogP contribution in [0.2, 0.25) is 10.0 Å². The largest absolute Gasteiger partial charge is 0.494 e. The van der Waals surface area contributed by atoms with Gasteiger partial charge in [0, 0.05) is 39.4 Å². The quantitative estimate of drug-likeness (QED) is 0.0385. The Morgan fingerprint density at radius 3 is 1.83 bits per heavy atom. The standard InChI is InChI=1S/C22H19ClFN3O2S2.C13H13ClN4S.C5H4O3.C4H4O/c1-29-19-12-14(25-21(28)15-5-3-4-6-17(15)24)7-9-18(19)27-22(30)26-13-8-10-20(31-2)16(23)11-13;14-11-7-10(5-6-12(11)16)18-13(19)17-9-3-1-8(15)2-4-9;6-5(7)4-2-1-3-8-4;1-2-4-5-3-1/h3-12H,1-2H3,(H,25,28)(H2,26,27,30);1-7H,15-16H2,(H2,17,18,19);1-3H,(H,6,7);1-4H. The summed E-state index contributed by atoms with van der Waals surface area (Å²) in [6.07, 6.45) is 6.53. The van der Waals surface area contributed by atoms with Crippen LogP contribution in [-0.2, 0) is 0 Å². The number of nitrogens with two attached hydrogens (primary N) is 2. The molecule has 0 radical (unpaired) electrons. The van der Waals surface area contributed by atoms with Gasteiger partial charge in [-0.3, -0.25) is 4.79 Å². The van der Waals surface area contributed by atoms with Crippen LogP contribution in [0.5, 0.6) is 5.75 Å². The highest BCUT2D eigenvalue weighted by atomic mass is 35.5. The molecule has 0 saturated heterocycles. The molecule has 0 atom stereocenters. The third-order valence-electron chi connectivity index (χ3n) is 7.82. The predicted octanol–water partition coefficient (Wildman–Crippen LogP) is 11.8. The highest BCUT2D eigenvalue weighted by Crippen LogP contribution is 2.30. The number of carbonyl (C=O) groups excluding carboxylic acids is 1. The lowest BCUT2D eigenvalue weighted by Crippen LogP contribution is -2.19. The number of amides is 1. The minimum absolute atomic E-state index is 0.0231. The van der Waals surface area contributed by atoms with E-state index in [9.17, 15) is 14.0 Å². The number of halogens is 3. The van der Waals surface area contributed by atoms with Gasteiger partial charge in [0.25, 0.3) is 5.91 Å². The Morgan fingerprint density at radius 1 is 0.698 bits per heavy atom. The Bertz CT molecular complexity index is 2570. The fourth-order valence-electron chi connectivity index (χ4n) is 4.84. The second-order valence-electron chi connectivity index (χ2n) is 12.3. The molecule has 0 aliphatic heterocycles. The molecule has 2 heterocycles. The number of thioether (sulfide) groups is 1. The molecule has 19 heteroatoms. The van der Waals surface area contributed by atoms with Crippen molar-refractivity contribution in [2.24, 2.45) is 0 Å². The first-order valence-corrected chi connectivity index (χ1v) is 20.9. The molecule has 63 heavy (non-hydrogen) atoms. The zero-order valence-corrected chi connectivity index (χ0v) is 37.3. The van der Waals surface area contributed by atoms with Crippen LogP contribution in [-0.4, -0.2) is 40.6 Å². The maximum absolute atomic E-state index is 13.8. The maximum Gasteiger partial charge on any atom is 0.371 e. The molecule has 2 aromatic heterocycles. The van der Waals surface area contributed by atoms with Gasteiger partial charge in [-0.1, -0.05) is 35.3 Å². The number of nitrogens with one attached hydrogen (secondary N) is 5. The number of aromatic carboxylic acids is 1. The van der Waals surface area contributed by atoms with Crippen molar-refractivity contribution in [3.05, 3.63) is 173 Å². The fraction of sp³-hybridized carbons (Fsp3) is 0.0455. The number of rotatable bonds is 9. The highest BCUT2D eigenvalue weighted by Gasteiger charge is 2.13. The number of anilines is 7. The van der Waals surface area contributed by atoms with Crippen LogP contribution in [0.1, 0.15) is 20.9 Å². The van der Waals surface area contributed by atoms with Gasteiger partial charge in [0.15, 0.2) is 10.2 Å². The molecule has 0 bridgehead atoms. The van der Waals surface area contributed by atoms with Crippen LogP contribution >= 0.6 is 59.4 Å². The molecule has 0 unspecified atom stereocenters. The molecule has 0 fully saturated rings. The van der Waals surface area contributed by atoms with Gasteiger partial charge < -0.3 is 56.7 Å². The van der Waals surface area contributed by atoms with E-state index in [2.05, 4.69) is 35.4 Å². The number of methoxy groups -OCH3 is 1. The number of carboxylic acids is 1. The van der Waals surface area contributed by atoms with Crippen molar-refractivity contribution in [2.45, 2.75) is 4.90 Å². The average molecular weight is 949 g/mol. The van der Waals surface area contributed by atoms with Crippen LogP contribution in [0.25, 0.3) is 0 Å². The zero-order chi connectivity index (χ0) is 45.7. The highest BCUT2D eigenvalue weighted by molar-refractivity contribution is 7.98. The number of hydrogen-bond acceptors (Lipinski definition) is 10. The van der Waals surface area contributed by atoms with E-state index in [-0.39, 0.29) is 11.3 Å². The van der Waals surface area contributed by atoms with Crippen molar-refractivity contribution in [2.75, 3.05) is 51.4 Å². The summed E-state index contributed by atoms with van der Waals surface area (Å²) < 4.78 is 28.3. The molecule has 0 aliphatic rings. The Labute approximate surface area is 387 Å². The molecule has 7 rings (SSSR count). The Kier molecular flexibility index (Phi) is 19.6. The van der Waals surface area contributed by atoms with Crippen LogP contribution in [0.15, 0.2) is 160 Å². The van der Waals surface area contributed by atoms with Gasteiger partial charge in [-0.05, 0) is 140 Å². The zero-order valence-electron chi connectivity index (χ0n) is 33.4. The molecule has 13 nitrogen and oxygen atoms in total. The second kappa shape index (κ2) is 25.2. The molecule has 1 amide bonds. The van der Waals surface area contributed by atoms with Gasteiger partial charge in [0.05, 0.1) is 52.9 Å². The van der Waals surface area contributed by atoms with Crippen molar-refractivity contribution < 1.29 is 32.7 Å². The fourth-order valence-corrected chi connectivity index (χ4v) is 6.35. The van der Waals surface area contributed by atoms with Crippen LogP contribution in [0.3, 0.4) is 0 Å². The number of carbonyl (C=O) groups is 2. The SMILES string of the molecule is COc1cc(NC(=O)c2ccccc2F)ccc1NC(=S)Nc1ccc(SC)c(Cl)c1.Nc1ccc(NC(=S)Nc2ccc(N)c(Cl)c2)cc1.O=C(O)c1ccco1.c1ccoc1. The van der Waals surface area contributed by atoms with Crippen LogP contribution < -0.4 is 42.8 Å². The van der Waals surface area contributed by atoms with Crippen molar-refractivity contribution in [3.63, 3.8) is 0 Å². The van der Waals surface area contributed by atoms with Crippen LogP contribution in [0, 0.1) is 5.82 Å². The Morgan fingerprint density at radius 2 is 1.29 bits per heavy atom. The van der Waals surface area contributed by atoms with E-state index in [1.54, 1.807) is 85.0 Å². The van der Waals surface area contributed by atoms with E-state index in [0.717, 1.165) is 22.0 Å². The summed E-state index contributed by atoms with van der Waals surface area (Å²) in [7, 11) is 1.50. The van der Waals surface area contributed by atoms with Crippen molar-refractivity contribution in [3.8, 4) is 5.75 Å². The molecule has 0 spiro atoms. The molecule has 7 aromatic rings. The van der Waals surface area contributed by atoms with E-state index in [1.165, 1.54) is 43.7 Å². The summed E-state index contributed by atoms with van der Waals surface area (Å²) in [4.78, 5) is 23.3. The van der Waals surface area contributed by atoms with E-state index >= 15 is 0 Å². The monoisotopic (exact) mass is 947 g/mol. The number of benzene rings is 5. The first kappa shape index (κ1) is 48.9. The van der Waals surface area contributed by atoms with Crippen molar-refractivity contribution in [1.29, 1.82) is 0 Å². The van der Waals surface area contributed by atoms with Crippen molar-refractivity contribution in [1.82, 2.24) is 0 Å². The van der Waals surface area contributed by atoms with Gasteiger partial charge in [-0.15, -0.1) is 11.8 Å². The number of nitrogen functional groups attached to an aromatic ring is 2. The van der Waals surface area contributed by atoms with Gasteiger partial charge in [0.1, 0.15) is 11.6 Å². The number of carboxylic acid groups (broad SMARTS) is 1. The van der Waals surface area contributed by atoms with E-state index < -0.39 is 17.7 Å². The number of hydrogen-bond donors (Lipinski definition) is 8. The van der Waals surface area contributed by atoms with Gasteiger partial charge in [-0.25, -0.2) is 9.18 Å². The lowest BCUT2D eigenvalue weighted by Gasteiger charge is -2.15. The van der Waals surface area contributed by atoms with E-state index in [1.807, 2.05) is 42.7 Å². The molecule has 5 aromatic carbocycles. The minimum Gasteiger partial charge on any atom is -0.494 e. The molecular weight excluding hydrogens is 909 g/mol. The number of furan rings is 2. The summed E-state index contributed by atoms with van der Waals surface area (Å²) in [6, 6.07) is 35.5. The summed E-state index contributed by atoms with van der Waals surface area (Å²) in [5, 5.41) is 24.9. The number of ether oxygens (including phenoxy) is 1. The molecule has 0 saturated carbocycles. The summed E-state index contributed by atoms with van der Waals surface area (Å²) >= 11 is 24.3. The first-order chi connectivity index (χ1) is 30.3. The van der Waals surface area contributed by atoms with Gasteiger partial charge in [-0.2, -0.15) is 0 Å². The lowest BCUT2D eigenvalue weighted by molar-refractivity contribution is 0.0662. The topological polar surface area (TPSA) is 202 Å². The van der Waals surface area contributed by atoms with Gasteiger partial charge >= 0.3 is 5.97 Å². The van der Waals surface area contributed by atoms with Crippen molar-refractivity contribution >= 4 is 121 Å². The van der Waals surface area contributed by atoms with Crippen LogP contribution in [0.4, 0.5) is 44.2 Å². The normalized spacial score (nSPS) is 9.86. The lowest BCUT2D eigenvalue weighted by atomic mass is 10.2. The first-order valence-electron chi connectivity index (χ1n) is 18.1. The third kappa shape index (κ3) is 16.6. The molecule has 326 valence electrons. The summed E-state index contributed by atoms with van der Waals surface area (Å²) in [5.74, 6) is -1.75. The Balaban J connectivity index is 0.000000227. The molecule has 10 N–H and O–H groups in total. The van der Waals surface area contributed by atoms with Gasteiger partial charge in [0.2, 0.25) is 5.76 Å². The predicted molar refractivity (Wildman–Crippen MR) is 261 cm³/mol. The third-order valence-corrected chi connectivity index (χ3v) is 9.78. The molecular formula is C44H40Cl2FN7O6S3. The van der Waals surface area contributed by atoms with E-state index in [4.69, 9.17) is 68.9 Å². The second-order valence-corrected chi connectivity index (χ2v) is 14.8. The van der Waals surface area contributed by atoms with E-state index in [0.29, 0.717) is 48.8 Å². The Hall–Kier alpha value is -6.76. The number of thiocarbonyl (C=S) groups is 2. The smallest absolute Gasteiger partial charge is 0.371 e. The summed E-state index contributed by atoms with van der Waals surface area (Å²) in [5.41, 5.74) is 15.9. The average Bonchev–Trinajstić information content (AvgIpc) is 4.04. The molecule has 0 aliphatic carbocycles. The summed E-state index contributed by atoms with van der Waals surface area (Å²) in [6.45, 7) is 0.